The van der Waals surface area contributed by atoms with Crippen molar-refractivity contribution in [2.24, 2.45) is 0 Å². The Hall–Kier alpha value is -7.72. The summed E-state index contributed by atoms with van der Waals surface area (Å²) in [6.45, 7) is 0. The fourth-order valence-corrected chi connectivity index (χ4v) is 7.47. The van der Waals surface area contributed by atoms with Crippen LogP contribution in [0, 0.1) is 0 Å². The first kappa shape index (κ1) is 44.3. The summed E-state index contributed by atoms with van der Waals surface area (Å²) in [6.07, 6.45) is 0. The molecule has 0 atom stereocenters. The fraction of sp³-hybridized carbons (Fsp3) is 0.0164. The van der Waals surface area contributed by atoms with Crippen LogP contribution in [-0.4, -0.2) is 0 Å². The van der Waals surface area contributed by atoms with E-state index in [2.05, 4.69) is 228 Å². The Morgan fingerprint density at radius 1 is 0.234 bits per heavy atom. The van der Waals surface area contributed by atoms with Gasteiger partial charge in [-0.25, -0.2) is 0 Å². The third kappa shape index (κ3) is 12.2. The minimum Gasteiger partial charge on any atom is -0.399 e. The lowest BCUT2D eigenvalue weighted by molar-refractivity contribution is 1.53. The smallest absolute Gasteiger partial charge is 0.0384 e. The van der Waals surface area contributed by atoms with Crippen LogP contribution in [0.2, 0.25) is 0 Å². The van der Waals surface area contributed by atoms with Crippen LogP contribution in [0.5, 0.6) is 0 Å². The zero-order chi connectivity index (χ0) is 43.1. The molecule has 0 bridgehead atoms. The molecule has 0 saturated heterocycles. The third-order valence-corrected chi connectivity index (χ3v) is 11.2. The lowest BCUT2D eigenvalue weighted by Crippen LogP contribution is -1.90. The molecule has 0 aliphatic rings. The number of benzene rings is 10. The molecule has 10 rings (SSSR count). The normalized spacial score (nSPS) is 10.2. The molecule has 0 heterocycles. The van der Waals surface area contributed by atoms with E-state index in [-0.39, 0.29) is 7.43 Å². The van der Waals surface area contributed by atoms with Crippen LogP contribution in [0.4, 0.5) is 17.1 Å². The van der Waals surface area contributed by atoms with Gasteiger partial charge in [0.1, 0.15) is 0 Å². The van der Waals surface area contributed by atoms with Crippen LogP contribution in [0.3, 0.4) is 0 Å². The van der Waals surface area contributed by atoms with Crippen molar-refractivity contribution < 1.29 is 0 Å². The van der Waals surface area contributed by atoms with Crippen molar-refractivity contribution in [2.45, 2.75) is 7.43 Å². The quantitative estimate of drug-likeness (QED) is 0.149. The molecule has 3 heteroatoms. The first-order valence-electron chi connectivity index (χ1n) is 21.0. The van der Waals surface area contributed by atoms with Gasteiger partial charge in [0, 0.05) is 21.5 Å². The predicted molar refractivity (Wildman–Crippen MR) is 281 cm³/mol. The van der Waals surface area contributed by atoms with Gasteiger partial charge in [0.25, 0.3) is 0 Å². The Morgan fingerprint density at radius 2 is 0.422 bits per heavy atom. The first-order chi connectivity index (χ1) is 31.0. The van der Waals surface area contributed by atoms with E-state index in [4.69, 9.17) is 5.73 Å². The largest absolute Gasteiger partial charge is 0.399 e. The molecule has 0 aliphatic carbocycles. The summed E-state index contributed by atoms with van der Waals surface area (Å²) in [6, 6.07) is 92.5. The number of anilines is 3. The van der Waals surface area contributed by atoms with E-state index in [0.717, 1.165) is 21.5 Å². The molecular weight excluding hydrogens is 841 g/mol. The van der Waals surface area contributed by atoms with Gasteiger partial charge < -0.3 is 11.1 Å². The fourth-order valence-electron chi connectivity index (χ4n) is 7.21. The van der Waals surface area contributed by atoms with E-state index >= 15 is 0 Å². The summed E-state index contributed by atoms with van der Waals surface area (Å²) in [7, 11) is 0. The van der Waals surface area contributed by atoms with E-state index in [9.17, 15) is 0 Å². The maximum Gasteiger partial charge on any atom is 0.0384 e. The van der Waals surface area contributed by atoms with Crippen molar-refractivity contribution in [1.82, 2.24) is 0 Å². The predicted octanol–water partition coefficient (Wildman–Crippen LogP) is 17.8. The van der Waals surface area contributed by atoms with Gasteiger partial charge in [0.15, 0.2) is 0 Å². The topological polar surface area (TPSA) is 38.0 Å². The molecule has 312 valence electrons. The van der Waals surface area contributed by atoms with E-state index in [0.29, 0.717) is 0 Å². The van der Waals surface area contributed by atoms with Crippen molar-refractivity contribution in [3.63, 3.8) is 0 Å². The van der Waals surface area contributed by atoms with Crippen molar-refractivity contribution in [3.8, 4) is 66.8 Å². The number of hydrogen-bond donors (Lipinski definition) is 2. The lowest BCUT2D eigenvalue weighted by atomic mass is 10.0. The molecular formula is C61H51BrN2. The Kier molecular flexibility index (Phi) is 15.5. The number of nitrogens with two attached hydrogens (primary N) is 1. The Bertz CT molecular complexity index is 2880. The number of halogens is 1. The lowest BCUT2D eigenvalue weighted by Gasteiger charge is -2.10. The van der Waals surface area contributed by atoms with Crippen molar-refractivity contribution in [1.29, 1.82) is 0 Å². The average molecular weight is 892 g/mol. The van der Waals surface area contributed by atoms with Crippen LogP contribution in [0.25, 0.3) is 66.8 Å². The van der Waals surface area contributed by atoms with Crippen molar-refractivity contribution in [3.05, 3.63) is 271 Å². The van der Waals surface area contributed by atoms with Crippen LogP contribution in [-0.2, 0) is 0 Å². The highest BCUT2D eigenvalue weighted by Gasteiger charge is 2.04. The second kappa shape index (κ2) is 22.4. The Labute approximate surface area is 387 Å². The Morgan fingerprint density at radius 3 is 0.672 bits per heavy atom. The van der Waals surface area contributed by atoms with Gasteiger partial charge in [-0.2, -0.15) is 0 Å². The summed E-state index contributed by atoms with van der Waals surface area (Å²) in [5.74, 6) is 0. The molecule has 0 spiro atoms. The number of rotatable bonds is 8. The highest BCUT2D eigenvalue weighted by molar-refractivity contribution is 9.10. The standard InChI is InChI=1S/C30H23N.C18H13Br.C12H11N.CH4/c1-3-7-23(8-4-1)25-11-13-26(14-12-25)28-17-21-30(22-18-28)31-29-19-15-27(16-20-29)24-9-5-2-6-10-24;19-18-12-10-17(11-13-18)16-8-6-15(7-9-16)14-4-2-1-3-5-14;13-12-8-6-11(7-9-12)10-4-2-1-3-5-10;/h1-22,31H;1-13H;1-9H,13H2;1H4. The summed E-state index contributed by atoms with van der Waals surface area (Å²) in [5, 5.41) is 3.49. The zero-order valence-corrected chi connectivity index (χ0v) is 36.4. The number of hydrogen-bond acceptors (Lipinski definition) is 2. The molecule has 0 saturated carbocycles. The van der Waals surface area contributed by atoms with Crippen LogP contribution < -0.4 is 11.1 Å². The molecule has 2 nitrogen and oxygen atoms in total. The zero-order valence-electron chi connectivity index (χ0n) is 34.9. The molecule has 64 heavy (non-hydrogen) atoms. The summed E-state index contributed by atoms with van der Waals surface area (Å²) < 4.78 is 1.11. The highest BCUT2D eigenvalue weighted by Crippen LogP contribution is 2.29. The van der Waals surface area contributed by atoms with Crippen molar-refractivity contribution in [2.75, 3.05) is 11.1 Å². The van der Waals surface area contributed by atoms with Gasteiger partial charge in [0.2, 0.25) is 0 Å². The molecule has 10 aromatic rings. The number of nitrogen functional groups attached to an aromatic ring is 1. The molecule has 0 aromatic heterocycles. The highest BCUT2D eigenvalue weighted by atomic mass is 79.9. The maximum atomic E-state index is 5.60. The molecule has 0 unspecified atom stereocenters. The molecule has 0 amide bonds. The molecule has 0 radical (unpaired) electrons. The van der Waals surface area contributed by atoms with E-state index in [1.807, 2.05) is 60.7 Å². The van der Waals surface area contributed by atoms with Gasteiger partial charge in [-0.05, 0) is 115 Å². The number of nitrogens with one attached hydrogen (secondary N) is 1. The van der Waals surface area contributed by atoms with Gasteiger partial charge in [0.05, 0.1) is 0 Å². The van der Waals surface area contributed by atoms with Gasteiger partial charge in [-0.3, -0.25) is 0 Å². The van der Waals surface area contributed by atoms with Gasteiger partial charge >= 0.3 is 0 Å². The van der Waals surface area contributed by atoms with E-state index < -0.39 is 0 Å². The average Bonchev–Trinajstić information content (AvgIpc) is 3.37. The van der Waals surface area contributed by atoms with Crippen LogP contribution >= 0.6 is 15.9 Å². The SMILES string of the molecule is Brc1ccc(-c2ccc(-c3ccccc3)cc2)cc1.C.Nc1ccc(-c2ccccc2)cc1.c1ccc(-c2ccc(Nc3ccc(-c4ccc(-c5ccccc5)cc4)cc3)cc2)cc1. The first-order valence-corrected chi connectivity index (χ1v) is 21.8. The summed E-state index contributed by atoms with van der Waals surface area (Å²) in [4.78, 5) is 0. The summed E-state index contributed by atoms with van der Waals surface area (Å²) in [5.41, 5.74) is 23.4. The summed E-state index contributed by atoms with van der Waals surface area (Å²) >= 11 is 3.46. The molecule has 0 fully saturated rings. The second-order valence-electron chi connectivity index (χ2n) is 15.0. The monoisotopic (exact) mass is 890 g/mol. The third-order valence-electron chi connectivity index (χ3n) is 10.7. The van der Waals surface area contributed by atoms with Crippen molar-refractivity contribution >= 4 is 33.0 Å². The maximum absolute atomic E-state index is 5.60. The van der Waals surface area contributed by atoms with Crippen LogP contribution in [0.15, 0.2) is 271 Å². The minimum atomic E-state index is 0. The second-order valence-corrected chi connectivity index (χ2v) is 15.9. The van der Waals surface area contributed by atoms with Crippen LogP contribution in [0.1, 0.15) is 7.43 Å². The van der Waals surface area contributed by atoms with Gasteiger partial charge in [-0.15, -0.1) is 0 Å². The Balaban J connectivity index is 0.000000158. The molecule has 3 N–H and O–H groups in total. The molecule has 0 aliphatic heterocycles. The molecule has 10 aromatic carbocycles. The van der Waals surface area contributed by atoms with Gasteiger partial charge in [-0.1, -0.05) is 242 Å². The van der Waals surface area contributed by atoms with E-state index in [1.54, 1.807) is 0 Å². The van der Waals surface area contributed by atoms with E-state index in [1.165, 1.54) is 66.8 Å². The minimum absolute atomic E-state index is 0.